The first-order valence-corrected chi connectivity index (χ1v) is 9.14. The van der Waals surface area contributed by atoms with Gasteiger partial charge in [0.15, 0.2) is 5.96 Å². The van der Waals surface area contributed by atoms with Gasteiger partial charge in [0.05, 0.1) is 6.54 Å². The molecule has 0 radical (unpaired) electrons. The van der Waals surface area contributed by atoms with Gasteiger partial charge in [0.1, 0.15) is 0 Å². The average molecular weight is 337 g/mol. The smallest absolute Gasteiger partial charge is 0.191 e. The van der Waals surface area contributed by atoms with Crippen molar-refractivity contribution in [1.82, 2.24) is 15.5 Å². The first-order chi connectivity index (χ1) is 11.3. The number of hydrogen-bond donors (Lipinski definition) is 2. The number of hydrogen-bond acceptors (Lipinski definition) is 2. The zero-order valence-electron chi connectivity index (χ0n) is 14.2. The number of benzene rings is 1. The van der Waals surface area contributed by atoms with Crippen LogP contribution >= 0.6 is 11.6 Å². The first kappa shape index (κ1) is 18.1. The Balaban J connectivity index is 1.67. The fraction of sp³-hybridized carbons (Fsp3) is 0.611. The Bertz CT molecular complexity index is 466. The summed E-state index contributed by atoms with van der Waals surface area (Å²) in [6.45, 7) is 8.42. The molecule has 1 fully saturated rings. The topological polar surface area (TPSA) is 39.7 Å². The van der Waals surface area contributed by atoms with Crippen molar-refractivity contribution in [3.63, 3.8) is 0 Å². The lowest BCUT2D eigenvalue weighted by atomic mass is 10.2. The lowest BCUT2D eigenvalue weighted by Crippen LogP contribution is -2.38. The Hall–Kier alpha value is -1.26. The Morgan fingerprint density at radius 2 is 1.87 bits per heavy atom. The Labute approximate surface area is 145 Å². The van der Waals surface area contributed by atoms with Crippen LogP contribution in [0.3, 0.4) is 0 Å². The maximum absolute atomic E-state index is 5.91. The van der Waals surface area contributed by atoms with Crippen molar-refractivity contribution < 1.29 is 0 Å². The van der Waals surface area contributed by atoms with Crippen molar-refractivity contribution in [3.05, 3.63) is 34.9 Å². The predicted molar refractivity (Wildman–Crippen MR) is 99.2 cm³/mol. The number of unbranched alkanes of at least 4 members (excludes halogenated alkanes) is 1. The van der Waals surface area contributed by atoms with Crippen molar-refractivity contribution >= 4 is 17.6 Å². The van der Waals surface area contributed by atoms with Gasteiger partial charge >= 0.3 is 0 Å². The summed E-state index contributed by atoms with van der Waals surface area (Å²) in [6.07, 6.45) is 5.19. The second kappa shape index (κ2) is 10.5. The number of likely N-dealkylation sites (tertiary alicyclic amines) is 1. The van der Waals surface area contributed by atoms with Gasteiger partial charge in [-0.1, -0.05) is 23.7 Å². The fourth-order valence-electron chi connectivity index (χ4n) is 2.78. The quantitative estimate of drug-likeness (QED) is 0.435. The number of nitrogens with zero attached hydrogens (tertiary/aromatic N) is 2. The van der Waals surface area contributed by atoms with Gasteiger partial charge in [0, 0.05) is 18.1 Å². The Morgan fingerprint density at radius 1 is 1.13 bits per heavy atom. The van der Waals surface area contributed by atoms with Gasteiger partial charge < -0.3 is 15.5 Å². The van der Waals surface area contributed by atoms with E-state index in [-0.39, 0.29) is 0 Å². The van der Waals surface area contributed by atoms with E-state index < -0.39 is 0 Å². The van der Waals surface area contributed by atoms with E-state index >= 15 is 0 Å². The number of rotatable bonds is 8. The summed E-state index contributed by atoms with van der Waals surface area (Å²) >= 11 is 5.91. The van der Waals surface area contributed by atoms with Crippen LogP contribution in [-0.2, 0) is 6.54 Å². The molecule has 1 aliphatic heterocycles. The van der Waals surface area contributed by atoms with E-state index in [2.05, 4.69) is 27.4 Å². The third kappa shape index (κ3) is 7.23. The molecule has 0 atom stereocenters. The van der Waals surface area contributed by atoms with Gasteiger partial charge in [-0.05, 0) is 69.9 Å². The minimum absolute atomic E-state index is 0.667. The zero-order valence-corrected chi connectivity index (χ0v) is 14.9. The number of nitrogens with one attached hydrogen (secondary N) is 2. The average Bonchev–Trinajstić information content (AvgIpc) is 3.07. The maximum atomic E-state index is 5.91. The van der Waals surface area contributed by atoms with E-state index in [1.165, 1.54) is 50.9 Å². The molecular formula is C18H29ClN4. The number of aliphatic imine (C=N–C) groups is 1. The highest BCUT2D eigenvalue weighted by molar-refractivity contribution is 6.30. The Morgan fingerprint density at radius 3 is 2.57 bits per heavy atom. The van der Waals surface area contributed by atoms with Crippen LogP contribution in [0.15, 0.2) is 29.3 Å². The van der Waals surface area contributed by atoms with Crippen molar-refractivity contribution in [2.45, 2.75) is 39.2 Å². The van der Waals surface area contributed by atoms with E-state index in [0.29, 0.717) is 6.54 Å². The number of guanidine groups is 1. The summed E-state index contributed by atoms with van der Waals surface area (Å²) in [7, 11) is 0. The molecule has 5 heteroatoms. The maximum Gasteiger partial charge on any atom is 0.191 e. The van der Waals surface area contributed by atoms with E-state index in [1.807, 2.05) is 24.3 Å². The third-order valence-corrected chi connectivity index (χ3v) is 4.32. The van der Waals surface area contributed by atoms with Gasteiger partial charge in [-0.2, -0.15) is 0 Å². The summed E-state index contributed by atoms with van der Waals surface area (Å²) in [5, 5.41) is 7.49. The molecule has 128 valence electrons. The van der Waals surface area contributed by atoms with Crippen LogP contribution in [-0.4, -0.2) is 43.6 Å². The standard InChI is InChI=1S/C18H29ClN4/c1-2-20-18(22-15-16-7-9-17(19)10-8-16)21-11-3-4-12-23-13-5-6-14-23/h7-10H,2-6,11-15H2,1H3,(H2,20,21,22). The molecule has 2 rings (SSSR count). The molecule has 0 spiro atoms. The third-order valence-electron chi connectivity index (χ3n) is 4.07. The molecule has 0 unspecified atom stereocenters. The largest absolute Gasteiger partial charge is 0.357 e. The monoisotopic (exact) mass is 336 g/mol. The second-order valence-corrected chi connectivity index (χ2v) is 6.44. The van der Waals surface area contributed by atoms with Crippen LogP contribution < -0.4 is 10.6 Å². The minimum Gasteiger partial charge on any atom is -0.357 e. The van der Waals surface area contributed by atoms with E-state index in [1.54, 1.807) is 0 Å². The zero-order chi connectivity index (χ0) is 16.3. The molecule has 0 aromatic heterocycles. The van der Waals surface area contributed by atoms with Crippen molar-refractivity contribution in [2.24, 2.45) is 4.99 Å². The summed E-state index contributed by atoms with van der Waals surface area (Å²) in [5.41, 5.74) is 1.17. The van der Waals surface area contributed by atoms with Crippen molar-refractivity contribution in [1.29, 1.82) is 0 Å². The molecule has 1 aromatic carbocycles. The van der Waals surface area contributed by atoms with Crippen LogP contribution in [0.25, 0.3) is 0 Å². The van der Waals surface area contributed by atoms with Gasteiger partial charge in [-0.25, -0.2) is 4.99 Å². The van der Waals surface area contributed by atoms with Crippen LogP contribution in [0.5, 0.6) is 0 Å². The molecule has 1 aliphatic rings. The number of halogens is 1. The van der Waals surface area contributed by atoms with Gasteiger partial charge in [-0.15, -0.1) is 0 Å². The van der Waals surface area contributed by atoms with Crippen LogP contribution in [0.2, 0.25) is 5.02 Å². The van der Waals surface area contributed by atoms with Crippen LogP contribution in [0.1, 0.15) is 38.2 Å². The molecule has 0 aliphatic carbocycles. The predicted octanol–water partition coefficient (Wildman–Crippen LogP) is 3.27. The van der Waals surface area contributed by atoms with Crippen molar-refractivity contribution in [3.8, 4) is 0 Å². The SMILES string of the molecule is CCNC(=NCc1ccc(Cl)cc1)NCCCCN1CCCC1. The molecular weight excluding hydrogens is 308 g/mol. The van der Waals surface area contributed by atoms with Gasteiger partial charge in [0.2, 0.25) is 0 Å². The summed E-state index contributed by atoms with van der Waals surface area (Å²) in [5.74, 6) is 0.892. The molecule has 1 saturated heterocycles. The van der Waals surface area contributed by atoms with Gasteiger partial charge in [-0.3, -0.25) is 0 Å². The fourth-order valence-corrected chi connectivity index (χ4v) is 2.90. The second-order valence-electron chi connectivity index (χ2n) is 6.00. The summed E-state index contributed by atoms with van der Waals surface area (Å²) < 4.78 is 0. The van der Waals surface area contributed by atoms with E-state index in [4.69, 9.17) is 11.6 Å². The summed E-state index contributed by atoms with van der Waals surface area (Å²) in [6, 6.07) is 7.85. The van der Waals surface area contributed by atoms with E-state index in [0.717, 1.165) is 24.1 Å². The lowest BCUT2D eigenvalue weighted by Gasteiger charge is -2.15. The normalized spacial score (nSPS) is 15.8. The highest BCUT2D eigenvalue weighted by Crippen LogP contribution is 2.10. The Kier molecular flexibility index (Phi) is 8.26. The first-order valence-electron chi connectivity index (χ1n) is 8.77. The molecule has 1 aromatic rings. The van der Waals surface area contributed by atoms with Gasteiger partial charge in [0.25, 0.3) is 0 Å². The summed E-state index contributed by atoms with van der Waals surface area (Å²) in [4.78, 5) is 7.20. The molecule has 4 nitrogen and oxygen atoms in total. The highest BCUT2D eigenvalue weighted by atomic mass is 35.5. The van der Waals surface area contributed by atoms with E-state index in [9.17, 15) is 0 Å². The molecule has 0 amide bonds. The lowest BCUT2D eigenvalue weighted by molar-refractivity contribution is 0.330. The van der Waals surface area contributed by atoms with Crippen LogP contribution in [0, 0.1) is 0 Å². The molecule has 2 N–H and O–H groups in total. The van der Waals surface area contributed by atoms with Crippen molar-refractivity contribution in [2.75, 3.05) is 32.7 Å². The molecule has 23 heavy (non-hydrogen) atoms. The molecule has 0 saturated carbocycles. The highest BCUT2D eigenvalue weighted by Gasteiger charge is 2.09. The minimum atomic E-state index is 0.667. The molecule has 1 heterocycles. The van der Waals surface area contributed by atoms with Crippen LogP contribution in [0.4, 0.5) is 0 Å². The molecule has 0 bridgehead atoms.